The minimum Gasteiger partial charge on any atom is -0.342 e. The van der Waals surface area contributed by atoms with Crippen LogP contribution in [-0.4, -0.2) is 35.8 Å². The summed E-state index contributed by atoms with van der Waals surface area (Å²) in [5.74, 6) is 0.354. The molecule has 1 aliphatic heterocycles. The Morgan fingerprint density at radius 2 is 1.62 bits per heavy atom. The predicted molar refractivity (Wildman–Crippen MR) is 97.8 cm³/mol. The number of para-hydroxylation sites is 1. The molecule has 0 spiro atoms. The van der Waals surface area contributed by atoms with Crippen molar-refractivity contribution in [3.63, 3.8) is 0 Å². The number of rotatable bonds is 3. The summed E-state index contributed by atoms with van der Waals surface area (Å²) in [6, 6.07) is 9.97. The van der Waals surface area contributed by atoms with Crippen molar-refractivity contribution in [3.8, 4) is 0 Å². The lowest BCUT2D eigenvalue weighted by atomic mass is 9.90. The van der Waals surface area contributed by atoms with E-state index in [1.807, 2.05) is 74.8 Å². The third kappa shape index (κ3) is 4.16. The largest absolute Gasteiger partial charge is 0.342 e. The van der Waals surface area contributed by atoms with E-state index >= 15 is 0 Å². The van der Waals surface area contributed by atoms with Gasteiger partial charge in [0.1, 0.15) is 0 Å². The molecule has 2 rings (SSSR count). The highest BCUT2D eigenvalue weighted by Crippen LogP contribution is 2.27. The molecule has 1 aliphatic rings. The average Bonchev–Trinajstić information content (AvgIpc) is 2.54. The standard InChI is InChI=1S/C20H30N2O2/c1-15(2)22(17-9-7-6-8-10-17)18(23)16-11-13-21(14-12-16)19(24)20(3,4)5/h6-10,15-16H,11-14H2,1-5H3. The number of amides is 2. The minimum absolute atomic E-state index is 0.00313. The summed E-state index contributed by atoms with van der Waals surface area (Å²) in [6.45, 7) is 11.3. The fraction of sp³-hybridized carbons (Fsp3) is 0.600. The van der Waals surface area contributed by atoms with E-state index in [9.17, 15) is 9.59 Å². The fourth-order valence-corrected chi connectivity index (χ4v) is 3.27. The molecule has 0 aliphatic carbocycles. The molecule has 1 aromatic rings. The highest BCUT2D eigenvalue weighted by atomic mass is 16.2. The van der Waals surface area contributed by atoms with Gasteiger partial charge in [-0.15, -0.1) is 0 Å². The monoisotopic (exact) mass is 330 g/mol. The van der Waals surface area contributed by atoms with Crippen LogP contribution in [0.5, 0.6) is 0 Å². The Bertz CT molecular complexity index is 567. The maximum atomic E-state index is 13.0. The van der Waals surface area contributed by atoms with Crippen LogP contribution in [0.25, 0.3) is 0 Å². The van der Waals surface area contributed by atoms with E-state index in [1.165, 1.54) is 0 Å². The summed E-state index contributed by atoms with van der Waals surface area (Å²) < 4.78 is 0. The number of likely N-dealkylation sites (tertiary alicyclic amines) is 1. The van der Waals surface area contributed by atoms with Crippen molar-refractivity contribution in [1.82, 2.24) is 4.90 Å². The van der Waals surface area contributed by atoms with Crippen LogP contribution in [0.3, 0.4) is 0 Å². The van der Waals surface area contributed by atoms with Crippen molar-refractivity contribution >= 4 is 17.5 Å². The summed E-state index contributed by atoms with van der Waals surface area (Å²) in [5.41, 5.74) is 0.593. The lowest BCUT2D eigenvalue weighted by Gasteiger charge is -2.37. The van der Waals surface area contributed by atoms with Crippen LogP contribution in [-0.2, 0) is 9.59 Å². The topological polar surface area (TPSA) is 40.6 Å². The van der Waals surface area contributed by atoms with Gasteiger partial charge in [-0.1, -0.05) is 39.0 Å². The van der Waals surface area contributed by atoms with E-state index in [-0.39, 0.29) is 29.2 Å². The number of nitrogens with zero attached hydrogens (tertiary/aromatic N) is 2. The molecule has 1 heterocycles. The molecule has 0 aromatic heterocycles. The lowest BCUT2D eigenvalue weighted by Crippen LogP contribution is -2.48. The van der Waals surface area contributed by atoms with Crippen LogP contribution >= 0.6 is 0 Å². The predicted octanol–water partition coefficient (Wildman–Crippen LogP) is 3.71. The molecule has 0 radical (unpaired) electrons. The normalized spacial score (nSPS) is 16.3. The van der Waals surface area contributed by atoms with E-state index in [4.69, 9.17) is 0 Å². The zero-order valence-electron chi connectivity index (χ0n) is 15.6. The van der Waals surface area contributed by atoms with E-state index in [0.717, 1.165) is 18.5 Å². The van der Waals surface area contributed by atoms with E-state index < -0.39 is 0 Å². The molecule has 0 N–H and O–H groups in total. The van der Waals surface area contributed by atoms with Gasteiger partial charge in [-0.05, 0) is 38.8 Å². The molecule has 24 heavy (non-hydrogen) atoms. The molecule has 4 nitrogen and oxygen atoms in total. The third-order valence-corrected chi connectivity index (χ3v) is 4.56. The Balaban J connectivity index is 2.05. The van der Waals surface area contributed by atoms with Gasteiger partial charge in [0.25, 0.3) is 0 Å². The Hall–Kier alpha value is -1.84. The molecule has 0 atom stereocenters. The Morgan fingerprint density at radius 1 is 1.08 bits per heavy atom. The second-order valence-electron chi connectivity index (χ2n) is 7.95. The summed E-state index contributed by atoms with van der Waals surface area (Å²) in [7, 11) is 0. The van der Waals surface area contributed by atoms with Crippen LogP contribution in [0.4, 0.5) is 5.69 Å². The number of carbonyl (C=O) groups excluding carboxylic acids is 2. The molecule has 0 bridgehead atoms. The highest BCUT2D eigenvalue weighted by Gasteiger charge is 2.34. The van der Waals surface area contributed by atoms with Crippen LogP contribution in [0.1, 0.15) is 47.5 Å². The van der Waals surface area contributed by atoms with Crippen molar-refractivity contribution in [3.05, 3.63) is 30.3 Å². The minimum atomic E-state index is -0.356. The van der Waals surface area contributed by atoms with Gasteiger partial charge in [0, 0.05) is 36.2 Å². The molecule has 1 aromatic carbocycles. The fourth-order valence-electron chi connectivity index (χ4n) is 3.27. The van der Waals surface area contributed by atoms with Crippen molar-refractivity contribution in [2.45, 2.75) is 53.5 Å². The van der Waals surface area contributed by atoms with Crippen molar-refractivity contribution in [2.75, 3.05) is 18.0 Å². The molecule has 0 saturated carbocycles. The maximum Gasteiger partial charge on any atom is 0.230 e. The van der Waals surface area contributed by atoms with E-state index in [1.54, 1.807) is 0 Å². The third-order valence-electron chi connectivity index (χ3n) is 4.56. The summed E-state index contributed by atoms with van der Waals surface area (Å²) in [6.07, 6.45) is 1.49. The second-order valence-corrected chi connectivity index (χ2v) is 7.95. The highest BCUT2D eigenvalue weighted by molar-refractivity contribution is 5.95. The SMILES string of the molecule is CC(C)N(C(=O)C1CCN(C(=O)C(C)(C)C)CC1)c1ccccc1. The van der Waals surface area contributed by atoms with Gasteiger partial charge < -0.3 is 9.80 Å². The van der Waals surface area contributed by atoms with Crippen molar-refractivity contribution < 1.29 is 9.59 Å². The maximum absolute atomic E-state index is 13.0. The molecular weight excluding hydrogens is 300 g/mol. The number of hydrogen-bond donors (Lipinski definition) is 0. The van der Waals surface area contributed by atoms with Gasteiger partial charge in [0.2, 0.25) is 11.8 Å². The van der Waals surface area contributed by atoms with Crippen LogP contribution in [0.15, 0.2) is 30.3 Å². The van der Waals surface area contributed by atoms with Crippen molar-refractivity contribution in [1.29, 1.82) is 0 Å². The first kappa shape index (κ1) is 18.5. The van der Waals surface area contributed by atoms with Crippen molar-refractivity contribution in [2.24, 2.45) is 11.3 Å². The first-order chi connectivity index (χ1) is 11.2. The zero-order valence-corrected chi connectivity index (χ0v) is 15.6. The number of carbonyl (C=O) groups is 2. The Morgan fingerprint density at radius 3 is 2.08 bits per heavy atom. The first-order valence-corrected chi connectivity index (χ1v) is 8.89. The number of anilines is 1. The first-order valence-electron chi connectivity index (χ1n) is 8.89. The van der Waals surface area contributed by atoms with E-state index in [2.05, 4.69) is 0 Å². The second kappa shape index (κ2) is 7.37. The molecule has 1 fully saturated rings. The van der Waals surface area contributed by atoms with Crippen LogP contribution in [0.2, 0.25) is 0 Å². The quantitative estimate of drug-likeness (QED) is 0.847. The summed E-state index contributed by atoms with van der Waals surface area (Å²) in [4.78, 5) is 29.2. The summed E-state index contributed by atoms with van der Waals surface area (Å²) in [5, 5.41) is 0. The van der Waals surface area contributed by atoms with Crippen LogP contribution in [0, 0.1) is 11.3 Å². The molecule has 1 saturated heterocycles. The molecule has 0 unspecified atom stereocenters. The van der Waals surface area contributed by atoms with Gasteiger partial charge in [-0.3, -0.25) is 9.59 Å². The van der Waals surface area contributed by atoms with Gasteiger partial charge in [-0.25, -0.2) is 0 Å². The number of hydrogen-bond acceptors (Lipinski definition) is 2. The zero-order chi connectivity index (χ0) is 17.9. The lowest BCUT2D eigenvalue weighted by molar-refractivity contribution is -0.142. The number of piperidine rings is 1. The summed E-state index contributed by atoms with van der Waals surface area (Å²) >= 11 is 0. The molecular formula is C20H30N2O2. The van der Waals surface area contributed by atoms with Gasteiger partial charge in [0.15, 0.2) is 0 Å². The molecule has 132 valence electrons. The average molecular weight is 330 g/mol. The van der Waals surface area contributed by atoms with E-state index in [0.29, 0.717) is 13.1 Å². The smallest absolute Gasteiger partial charge is 0.230 e. The van der Waals surface area contributed by atoms with Gasteiger partial charge in [-0.2, -0.15) is 0 Å². The van der Waals surface area contributed by atoms with Gasteiger partial charge >= 0.3 is 0 Å². The molecule has 4 heteroatoms. The van der Waals surface area contributed by atoms with Gasteiger partial charge in [0.05, 0.1) is 0 Å². The van der Waals surface area contributed by atoms with Crippen LogP contribution < -0.4 is 4.90 Å². The Labute approximate surface area is 145 Å². The molecule has 2 amide bonds. The number of benzene rings is 1. The Kier molecular flexibility index (Phi) is 5.68.